The summed E-state index contributed by atoms with van der Waals surface area (Å²) in [7, 11) is 3.31. The van der Waals surface area contributed by atoms with Crippen LogP contribution in [0.15, 0.2) is 30.3 Å². The van der Waals surface area contributed by atoms with Crippen LogP contribution in [0.3, 0.4) is 0 Å². The predicted molar refractivity (Wildman–Crippen MR) is 129 cm³/mol. The predicted octanol–water partition coefficient (Wildman–Crippen LogP) is 3.03. The summed E-state index contributed by atoms with van der Waals surface area (Å²) >= 11 is 0. The number of rotatable bonds is 9. The van der Waals surface area contributed by atoms with Crippen LogP contribution in [0.25, 0.3) is 11.4 Å². The molecule has 2 aromatic carbocycles. The first-order valence-electron chi connectivity index (χ1n) is 10.4. The lowest BCUT2D eigenvalue weighted by Gasteiger charge is -2.12. The highest BCUT2D eigenvalue weighted by atomic mass is 16.5. The smallest absolute Gasteiger partial charge is 0.258 e. The molecule has 10 heteroatoms. The summed E-state index contributed by atoms with van der Waals surface area (Å²) in [6.07, 6.45) is 1.21. The maximum atomic E-state index is 11.9. The van der Waals surface area contributed by atoms with Crippen LogP contribution in [0.5, 0.6) is 11.5 Å². The van der Waals surface area contributed by atoms with Gasteiger partial charge in [0.1, 0.15) is 0 Å². The number of nitrogens with two attached hydrogens (primary N) is 1. The van der Waals surface area contributed by atoms with Crippen molar-refractivity contribution in [1.29, 1.82) is 5.41 Å². The highest BCUT2D eigenvalue weighted by molar-refractivity contribution is 5.88. The molecule has 0 atom stereocenters. The molecule has 10 nitrogen and oxygen atoms in total. The molecule has 3 rings (SSSR count). The van der Waals surface area contributed by atoms with Gasteiger partial charge in [-0.15, -0.1) is 5.10 Å². The monoisotopic (exact) mass is 451 g/mol. The van der Waals surface area contributed by atoms with Crippen LogP contribution >= 0.6 is 0 Å². The van der Waals surface area contributed by atoms with E-state index in [1.807, 2.05) is 26.8 Å². The van der Waals surface area contributed by atoms with E-state index in [1.54, 1.807) is 36.0 Å². The van der Waals surface area contributed by atoms with E-state index in [4.69, 9.17) is 20.6 Å². The minimum absolute atomic E-state index is 0.0390. The number of anilines is 3. The van der Waals surface area contributed by atoms with Gasteiger partial charge in [0.15, 0.2) is 23.9 Å². The zero-order valence-electron chi connectivity index (χ0n) is 19.4. The standard InChI is InChI=1S/C23H29N7O3/c1-13(2)26-21(31)12-33-19-7-6-15(10-20(19)32-5)22-28-23(30(4)29-22)27-18-9-16(11-24)17(25)8-14(18)3/h6-11,13,24H,12,25H2,1-5H3,(H,26,31)(H,27,28,29). The average molecular weight is 452 g/mol. The van der Waals surface area contributed by atoms with Crippen LogP contribution in [0, 0.1) is 12.3 Å². The van der Waals surface area contributed by atoms with Crippen molar-refractivity contribution in [3.05, 3.63) is 41.5 Å². The lowest BCUT2D eigenvalue weighted by Crippen LogP contribution is -2.34. The SMILES string of the molecule is COc1cc(-c2nc(Nc3cc(C=N)c(N)cc3C)n(C)n2)ccc1OCC(=O)NC(C)C. The first-order chi connectivity index (χ1) is 15.7. The van der Waals surface area contributed by atoms with Gasteiger partial charge in [-0.2, -0.15) is 4.98 Å². The Balaban J connectivity index is 1.81. The Morgan fingerprint density at radius 2 is 2.03 bits per heavy atom. The van der Waals surface area contributed by atoms with Gasteiger partial charge in [0.2, 0.25) is 5.95 Å². The number of carbonyl (C=O) groups excluding carboxylic acids is 1. The molecule has 0 bridgehead atoms. The van der Waals surface area contributed by atoms with Crippen molar-refractivity contribution in [3.63, 3.8) is 0 Å². The fourth-order valence-electron chi connectivity index (χ4n) is 3.18. The van der Waals surface area contributed by atoms with E-state index in [0.29, 0.717) is 34.5 Å². The number of carbonyl (C=O) groups is 1. The molecule has 0 radical (unpaired) electrons. The number of amides is 1. The fraction of sp³-hybridized carbons (Fsp3) is 0.304. The summed E-state index contributed by atoms with van der Waals surface area (Å²) in [5, 5.41) is 18.0. The van der Waals surface area contributed by atoms with Crippen LogP contribution in [0.4, 0.5) is 17.3 Å². The zero-order valence-corrected chi connectivity index (χ0v) is 19.4. The van der Waals surface area contributed by atoms with Gasteiger partial charge < -0.3 is 31.3 Å². The number of aryl methyl sites for hydroxylation is 2. The summed E-state index contributed by atoms with van der Waals surface area (Å²) in [4.78, 5) is 16.5. The second kappa shape index (κ2) is 10.0. The number of nitrogen functional groups attached to an aromatic ring is 1. The summed E-state index contributed by atoms with van der Waals surface area (Å²) in [5.74, 6) is 1.73. The summed E-state index contributed by atoms with van der Waals surface area (Å²) in [6, 6.07) is 8.94. The summed E-state index contributed by atoms with van der Waals surface area (Å²) in [5.41, 5.74) is 9.54. The van der Waals surface area contributed by atoms with Gasteiger partial charge in [0.25, 0.3) is 5.91 Å². The van der Waals surface area contributed by atoms with Crippen LogP contribution < -0.4 is 25.8 Å². The Hall–Kier alpha value is -4.08. The molecule has 0 saturated heterocycles. The molecule has 33 heavy (non-hydrogen) atoms. The number of nitrogens with one attached hydrogen (secondary N) is 3. The van der Waals surface area contributed by atoms with Gasteiger partial charge in [-0.3, -0.25) is 4.79 Å². The first kappa shape index (κ1) is 23.6. The van der Waals surface area contributed by atoms with Gasteiger partial charge in [0, 0.05) is 41.8 Å². The van der Waals surface area contributed by atoms with Crippen LogP contribution in [0.2, 0.25) is 0 Å². The molecule has 0 spiro atoms. The van der Waals surface area contributed by atoms with E-state index in [1.165, 1.54) is 13.3 Å². The van der Waals surface area contributed by atoms with Crippen molar-refractivity contribution in [2.24, 2.45) is 7.05 Å². The molecule has 0 fully saturated rings. The molecule has 0 aliphatic carbocycles. The van der Waals surface area contributed by atoms with Gasteiger partial charge in [0.05, 0.1) is 7.11 Å². The maximum Gasteiger partial charge on any atom is 0.258 e. The molecular weight excluding hydrogens is 422 g/mol. The van der Waals surface area contributed by atoms with E-state index in [2.05, 4.69) is 20.7 Å². The zero-order chi connectivity index (χ0) is 24.1. The third-order valence-corrected chi connectivity index (χ3v) is 4.83. The van der Waals surface area contributed by atoms with Crippen LogP contribution in [0.1, 0.15) is 25.0 Å². The third kappa shape index (κ3) is 5.59. The average Bonchev–Trinajstić information content (AvgIpc) is 3.13. The number of methoxy groups -OCH3 is 1. The van der Waals surface area contributed by atoms with E-state index < -0.39 is 0 Å². The Bertz CT molecular complexity index is 1170. The molecule has 0 saturated carbocycles. The van der Waals surface area contributed by atoms with Crippen molar-refractivity contribution < 1.29 is 14.3 Å². The Kier molecular flexibility index (Phi) is 7.17. The number of ether oxygens (including phenoxy) is 2. The Labute approximate surface area is 192 Å². The molecule has 5 N–H and O–H groups in total. The number of benzene rings is 2. The fourth-order valence-corrected chi connectivity index (χ4v) is 3.18. The van der Waals surface area contributed by atoms with E-state index in [9.17, 15) is 4.79 Å². The molecule has 0 unspecified atom stereocenters. The molecule has 0 aliphatic rings. The van der Waals surface area contributed by atoms with E-state index in [-0.39, 0.29) is 18.6 Å². The van der Waals surface area contributed by atoms with Crippen molar-refractivity contribution >= 4 is 29.4 Å². The first-order valence-corrected chi connectivity index (χ1v) is 10.4. The minimum atomic E-state index is -0.206. The third-order valence-electron chi connectivity index (χ3n) is 4.83. The number of hydrogen-bond donors (Lipinski definition) is 4. The van der Waals surface area contributed by atoms with Gasteiger partial charge in [-0.1, -0.05) is 0 Å². The van der Waals surface area contributed by atoms with E-state index in [0.717, 1.165) is 16.8 Å². The number of aromatic nitrogens is 3. The molecule has 0 aliphatic heterocycles. The topological polar surface area (TPSA) is 140 Å². The van der Waals surface area contributed by atoms with Crippen molar-refractivity contribution in [1.82, 2.24) is 20.1 Å². The molecule has 1 aromatic heterocycles. The van der Waals surface area contributed by atoms with Crippen LogP contribution in [-0.2, 0) is 11.8 Å². The normalized spacial score (nSPS) is 10.7. The summed E-state index contributed by atoms with van der Waals surface area (Å²) < 4.78 is 12.7. The highest BCUT2D eigenvalue weighted by Gasteiger charge is 2.15. The molecule has 174 valence electrons. The second-order valence-corrected chi connectivity index (χ2v) is 7.82. The van der Waals surface area contributed by atoms with E-state index >= 15 is 0 Å². The van der Waals surface area contributed by atoms with Crippen molar-refractivity contribution in [2.75, 3.05) is 24.8 Å². The molecule has 3 aromatic rings. The second-order valence-electron chi connectivity index (χ2n) is 7.82. The molecule has 1 heterocycles. The quantitative estimate of drug-likeness (QED) is 0.289. The number of nitrogens with zero attached hydrogens (tertiary/aromatic N) is 3. The lowest BCUT2D eigenvalue weighted by atomic mass is 10.1. The van der Waals surface area contributed by atoms with Gasteiger partial charge in [-0.05, 0) is 56.7 Å². The van der Waals surface area contributed by atoms with Crippen molar-refractivity contribution in [2.45, 2.75) is 26.8 Å². The largest absolute Gasteiger partial charge is 0.493 e. The Morgan fingerprint density at radius 3 is 2.70 bits per heavy atom. The number of hydrogen-bond acceptors (Lipinski definition) is 8. The highest BCUT2D eigenvalue weighted by Crippen LogP contribution is 2.32. The van der Waals surface area contributed by atoms with Crippen molar-refractivity contribution in [3.8, 4) is 22.9 Å². The maximum absolute atomic E-state index is 11.9. The molecular formula is C23H29N7O3. The Morgan fingerprint density at radius 1 is 1.27 bits per heavy atom. The summed E-state index contributed by atoms with van der Waals surface area (Å²) in [6.45, 7) is 5.59. The van der Waals surface area contributed by atoms with Gasteiger partial charge >= 0.3 is 0 Å². The van der Waals surface area contributed by atoms with Crippen LogP contribution in [-0.4, -0.2) is 46.6 Å². The minimum Gasteiger partial charge on any atom is -0.493 e. The van der Waals surface area contributed by atoms with Gasteiger partial charge in [-0.25, -0.2) is 4.68 Å². The molecule has 1 amide bonds. The lowest BCUT2D eigenvalue weighted by molar-refractivity contribution is -0.123.